The van der Waals surface area contributed by atoms with E-state index in [1.807, 2.05) is 18.2 Å². The van der Waals surface area contributed by atoms with Gasteiger partial charge in [0.05, 0.1) is 36.9 Å². The van der Waals surface area contributed by atoms with Crippen LogP contribution in [-0.4, -0.2) is 42.9 Å². The van der Waals surface area contributed by atoms with Gasteiger partial charge in [-0.1, -0.05) is 35.9 Å². The van der Waals surface area contributed by atoms with Gasteiger partial charge in [0, 0.05) is 31.2 Å². The quantitative estimate of drug-likeness (QED) is 0.681. The first kappa shape index (κ1) is 22.1. The number of hydrogen-bond donors (Lipinski definition) is 1. The van der Waals surface area contributed by atoms with Crippen molar-refractivity contribution in [1.82, 2.24) is 0 Å². The lowest BCUT2D eigenvalue weighted by molar-refractivity contribution is -0.931. The molecule has 0 saturated carbocycles. The van der Waals surface area contributed by atoms with Crippen LogP contribution in [-0.2, 0) is 4.74 Å². The Kier molecular flexibility index (Phi) is 6.56. The minimum absolute atomic E-state index is 0. The third-order valence-electron chi connectivity index (χ3n) is 6.45. The molecule has 7 heteroatoms. The van der Waals surface area contributed by atoms with Gasteiger partial charge >= 0.3 is 6.09 Å². The third-order valence-corrected chi connectivity index (χ3v) is 6.74. The molecular formula is C22H25BrClFN2O2. The number of benzene rings is 2. The molecule has 2 heterocycles. The molecule has 2 bridgehead atoms. The number of carbonyl (C=O) groups is 1. The van der Waals surface area contributed by atoms with E-state index in [0.29, 0.717) is 17.8 Å². The van der Waals surface area contributed by atoms with Crippen molar-refractivity contribution in [3.63, 3.8) is 0 Å². The van der Waals surface area contributed by atoms with Crippen LogP contribution in [0.3, 0.4) is 0 Å². The standard InChI is InChI=1S/C22H24ClFN2O2.BrH/c1-26(2)15-8-9-16(26)13-17(12-15)28-22(27)25-21-6-4-3-5-18(21)14-7-10-20(24)19(23)11-14;/h3-7,10-11,15-17H,8-9,12-13H2,1-2H3;1H. The maximum Gasteiger partial charge on any atom is 0.411 e. The molecule has 2 aliphatic heterocycles. The molecule has 0 radical (unpaired) electrons. The molecule has 29 heavy (non-hydrogen) atoms. The molecule has 2 unspecified atom stereocenters. The van der Waals surface area contributed by atoms with Crippen LogP contribution >= 0.6 is 11.6 Å². The summed E-state index contributed by atoms with van der Waals surface area (Å²) in [5.74, 6) is -0.469. The Bertz CT molecular complexity index is 892. The van der Waals surface area contributed by atoms with E-state index in [1.54, 1.807) is 18.2 Å². The number of amides is 1. The van der Waals surface area contributed by atoms with Gasteiger partial charge in [0.2, 0.25) is 0 Å². The minimum atomic E-state index is -0.469. The summed E-state index contributed by atoms with van der Waals surface area (Å²) in [5.41, 5.74) is 2.12. The molecule has 2 aromatic carbocycles. The molecule has 2 aliphatic rings. The highest BCUT2D eigenvalue weighted by molar-refractivity contribution is 6.31. The van der Waals surface area contributed by atoms with E-state index in [4.69, 9.17) is 16.3 Å². The number of nitrogens with one attached hydrogen (secondary N) is 1. The molecule has 0 aromatic heterocycles. The van der Waals surface area contributed by atoms with Crippen LogP contribution in [0, 0.1) is 5.82 Å². The monoisotopic (exact) mass is 482 g/mol. The van der Waals surface area contributed by atoms with Gasteiger partial charge in [-0.25, -0.2) is 9.18 Å². The minimum Gasteiger partial charge on any atom is -1.00 e. The number of quaternary nitrogens is 1. The van der Waals surface area contributed by atoms with Crippen molar-refractivity contribution >= 4 is 23.4 Å². The van der Waals surface area contributed by atoms with E-state index in [0.717, 1.165) is 28.5 Å². The molecule has 1 amide bonds. The molecule has 2 aromatic rings. The average molecular weight is 484 g/mol. The molecule has 1 N–H and O–H groups in total. The van der Waals surface area contributed by atoms with Crippen molar-refractivity contribution in [2.45, 2.75) is 43.9 Å². The molecule has 4 nitrogen and oxygen atoms in total. The Hall–Kier alpha value is -1.63. The Morgan fingerprint density at radius 1 is 1.14 bits per heavy atom. The summed E-state index contributed by atoms with van der Waals surface area (Å²) in [7, 11) is 4.56. The maximum absolute atomic E-state index is 13.5. The number of para-hydroxylation sites is 1. The SMILES string of the molecule is C[N+]1(C)C2CCC1CC(OC(=O)Nc1ccccc1-c1ccc(F)c(Cl)c1)C2.[Br-]. The summed E-state index contributed by atoms with van der Waals surface area (Å²) >= 11 is 5.92. The van der Waals surface area contributed by atoms with Crippen LogP contribution in [0.4, 0.5) is 14.9 Å². The zero-order valence-electron chi connectivity index (χ0n) is 16.5. The molecule has 4 rings (SSSR count). The second kappa shape index (κ2) is 8.62. The number of anilines is 1. The summed E-state index contributed by atoms with van der Waals surface area (Å²) in [4.78, 5) is 12.6. The molecule has 2 fully saturated rings. The van der Waals surface area contributed by atoms with E-state index < -0.39 is 11.9 Å². The molecule has 2 saturated heterocycles. The fourth-order valence-electron chi connectivity index (χ4n) is 4.73. The van der Waals surface area contributed by atoms with Gasteiger partial charge in [-0.3, -0.25) is 5.32 Å². The van der Waals surface area contributed by atoms with Crippen LogP contribution in [0.1, 0.15) is 25.7 Å². The Labute approximate surface area is 186 Å². The predicted molar refractivity (Wildman–Crippen MR) is 109 cm³/mol. The summed E-state index contributed by atoms with van der Waals surface area (Å²) in [5, 5.41) is 2.91. The lowest BCUT2D eigenvalue weighted by atomic mass is 9.98. The number of fused-ring (bicyclic) bond motifs is 2. The average Bonchev–Trinajstić information content (AvgIpc) is 2.82. The number of piperidine rings is 1. The highest BCUT2D eigenvalue weighted by atomic mass is 79.9. The van der Waals surface area contributed by atoms with Crippen LogP contribution < -0.4 is 22.3 Å². The Morgan fingerprint density at radius 3 is 2.45 bits per heavy atom. The first-order valence-electron chi connectivity index (χ1n) is 9.70. The highest BCUT2D eigenvalue weighted by Crippen LogP contribution is 2.40. The van der Waals surface area contributed by atoms with Crippen molar-refractivity contribution in [2.75, 3.05) is 19.4 Å². The van der Waals surface area contributed by atoms with E-state index >= 15 is 0 Å². The smallest absolute Gasteiger partial charge is 0.411 e. The summed E-state index contributed by atoms with van der Waals surface area (Å²) in [6, 6.07) is 13.0. The summed E-state index contributed by atoms with van der Waals surface area (Å²) in [6.07, 6.45) is 3.73. The first-order valence-corrected chi connectivity index (χ1v) is 10.1. The molecule has 0 spiro atoms. The largest absolute Gasteiger partial charge is 1.00 e. The third kappa shape index (κ3) is 4.44. The van der Waals surface area contributed by atoms with Crippen molar-refractivity contribution in [3.05, 3.63) is 53.3 Å². The van der Waals surface area contributed by atoms with Gasteiger partial charge in [0.15, 0.2) is 0 Å². The van der Waals surface area contributed by atoms with Crippen LogP contribution in [0.25, 0.3) is 11.1 Å². The van der Waals surface area contributed by atoms with Gasteiger partial charge < -0.3 is 26.2 Å². The predicted octanol–water partition coefficient (Wildman–Crippen LogP) is 2.47. The van der Waals surface area contributed by atoms with E-state index in [1.165, 1.54) is 18.9 Å². The lowest BCUT2D eigenvalue weighted by Gasteiger charge is -2.43. The number of carbonyl (C=O) groups excluding carboxylic acids is 1. The fourth-order valence-corrected chi connectivity index (χ4v) is 4.91. The van der Waals surface area contributed by atoms with Crippen molar-refractivity contribution in [3.8, 4) is 11.1 Å². The van der Waals surface area contributed by atoms with Gasteiger partial charge in [-0.2, -0.15) is 0 Å². The maximum atomic E-state index is 13.5. The number of halogens is 3. The van der Waals surface area contributed by atoms with Crippen LogP contribution in [0.2, 0.25) is 5.02 Å². The molecule has 0 aliphatic carbocycles. The second-order valence-corrected chi connectivity index (χ2v) is 8.72. The van der Waals surface area contributed by atoms with E-state index in [2.05, 4.69) is 19.4 Å². The highest BCUT2D eigenvalue weighted by Gasteiger charge is 2.49. The van der Waals surface area contributed by atoms with Crippen LogP contribution in [0.15, 0.2) is 42.5 Å². The Morgan fingerprint density at radius 2 is 1.79 bits per heavy atom. The molecule has 156 valence electrons. The summed E-state index contributed by atoms with van der Waals surface area (Å²) in [6.45, 7) is 0. The number of hydrogen-bond acceptors (Lipinski definition) is 2. The number of nitrogens with zero attached hydrogens (tertiary/aromatic N) is 1. The first-order chi connectivity index (χ1) is 13.3. The Balaban J connectivity index is 0.00000240. The van der Waals surface area contributed by atoms with Gasteiger partial charge in [0.1, 0.15) is 11.9 Å². The second-order valence-electron chi connectivity index (χ2n) is 8.31. The van der Waals surface area contributed by atoms with E-state index in [9.17, 15) is 9.18 Å². The van der Waals surface area contributed by atoms with Crippen LogP contribution in [0.5, 0.6) is 0 Å². The number of rotatable bonds is 3. The zero-order valence-corrected chi connectivity index (χ0v) is 18.8. The molecular weight excluding hydrogens is 459 g/mol. The fraction of sp³-hybridized carbons (Fsp3) is 0.409. The van der Waals surface area contributed by atoms with Crippen molar-refractivity contribution < 1.29 is 35.4 Å². The van der Waals surface area contributed by atoms with Crippen molar-refractivity contribution in [2.24, 2.45) is 0 Å². The number of ether oxygens (including phenoxy) is 1. The van der Waals surface area contributed by atoms with Crippen molar-refractivity contribution in [1.29, 1.82) is 0 Å². The molecule has 2 atom stereocenters. The summed E-state index contributed by atoms with van der Waals surface area (Å²) < 4.78 is 20.3. The zero-order chi connectivity index (χ0) is 19.9. The van der Waals surface area contributed by atoms with Gasteiger partial charge in [0.25, 0.3) is 0 Å². The van der Waals surface area contributed by atoms with Gasteiger partial charge in [-0.15, -0.1) is 0 Å². The lowest BCUT2D eigenvalue weighted by Crippen LogP contribution is -3.00. The topological polar surface area (TPSA) is 38.3 Å². The van der Waals surface area contributed by atoms with Gasteiger partial charge in [-0.05, 0) is 23.8 Å². The van der Waals surface area contributed by atoms with E-state index in [-0.39, 0.29) is 28.1 Å². The normalized spacial score (nSPS) is 24.5.